The summed E-state index contributed by atoms with van der Waals surface area (Å²) in [5.41, 5.74) is 0.141. The van der Waals surface area contributed by atoms with E-state index < -0.39 is 11.9 Å². The Kier molecular flexibility index (Phi) is 6.97. The van der Waals surface area contributed by atoms with Gasteiger partial charge in [-0.15, -0.1) is 0 Å². The van der Waals surface area contributed by atoms with Crippen LogP contribution in [0.5, 0.6) is 0 Å². The number of carbonyl (C=O) groups excluding carboxylic acids is 2. The molecular formula is C20H29FN2O2. The van der Waals surface area contributed by atoms with E-state index in [0.29, 0.717) is 12.3 Å². The van der Waals surface area contributed by atoms with Crippen molar-refractivity contribution >= 4 is 17.5 Å². The van der Waals surface area contributed by atoms with Crippen molar-refractivity contribution in [1.82, 2.24) is 5.32 Å². The van der Waals surface area contributed by atoms with Gasteiger partial charge >= 0.3 is 0 Å². The number of benzene rings is 1. The fourth-order valence-corrected chi connectivity index (χ4v) is 3.30. The van der Waals surface area contributed by atoms with Gasteiger partial charge in [-0.2, -0.15) is 0 Å². The Morgan fingerprint density at radius 2 is 1.80 bits per heavy atom. The van der Waals surface area contributed by atoms with Crippen molar-refractivity contribution in [3.8, 4) is 0 Å². The lowest BCUT2D eigenvalue weighted by Crippen LogP contribution is -2.47. The Balaban J connectivity index is 2.01. The second-order valence-electron chi connectivity index (χ2n) is 7.62. The van der Waals surface area contributed by atoms with Gasteiger partial charge in [-0.1, -0.05) is 32.9 Å². The standard InChI is InChI=1S/C20H29FN2O2/c1-13(2)12-18(20(25)22-17-7-5-4-6-16(17)21)23-19(24)15-10-8-14(3)9-11-15/h4-7,13-15,18H,8-12H2,1-3H3,(H,22,25)(H,23,24)/t14?,15?,18-/m0/s1. The minimum Gasteiger partial charge on any atom is -0.344 e. The number of para-hydroxylation sites is 1. The molecule has 138 valence electrons. The summed E-state index contributed by atoms with van der Waals surface area (Å²) in [5, 5.41) is 5.50. The van der Waals surface area contributed by atoms with Crippen LogP contribution < -0.4 is 10.6 Å². The summed E-state index contributed by atoms with van der Waals surface area (Å²) in [6.45, 7) is 6.20. The molecule has 1 fully saturated rings. The van der Waals surface area contributed by atoms with Gasteiger partial charge in [-0.25, -0.2) is 4.39 Å². The highest BCUT2D eigenvalue weighted by atomic mass is 19.1. The van der Waals surface area contributed by atoms with E-state index in [2.05, 4.69) is 17.6 Å². The van der Waals surface area contributed by atoms with Crippen molar-refractivity contribution in [1.29, 1.82) is 0 Å². The number of anilines is 1. The Hall–Kier alpha value is -1.91. The number of nitrogens with one attached hydrogen (secondary N) is 2. The van der Waals surface area contributed by atoms with Gasteiger partial charge in [-0.3, -0.25) is 9.59 Å². The molecule has 0 saturated heterocycles. The number of carbonyl (C=O) groups is 2. The number of hydrogen-bond donors (Lipinski definition) is 2. The molecule has 5 heteroatoms. The highest BCUT2D eigenvalue weighted by Gasteiger charge is 2.29. The second kappa shape index (κ2) is 8.97. The van der Waals surface area contributed by atoms with E-state index in [4.69, 9.17) is 0 Å². The van der Waals surface area contributed by atoms with Crippen LogP contribution in [-0.2, 0) is 9.59 Å². The largest absolute Gasteiger partial charge is 0.344 e. The normalized spacial score (nSPS) is 21.6. The first-order valence-electron chi connectivity index (χ1n) is 9.22. The van der Waals surface area contributed by atoms with E-state index in [-0.39, 0.29) is 29.3 Å². The third kappa shape index (κ3) is 5.83. The first-order valence-corrected chi connectivity index (χ1v) is 9.22. The first kappa shape index (κ1) is 19.4. The molecule has 4 nitrogen and oxygen atoms in total. The second-order valence-corrected chi connectivity index (χ2v) is 7.62. The maximum atomic E-state index is 13.8. The lowest BCUT2D eigenvalue weighted by molar-refractivity contribution is -0.130. The van der Waals surface area contributed by atoms with Crippen molar-refractivity contribution in [2.75, 3.05) is 5.32 Å². The molecular weight excluding hydrogens is 319 g/mol. The summed E-state index contributed by atoms with van der Waals surface area (Å²) in [6, 6.07) is 5.41. The van der Waals surface area contributed by atoms with E-state index in [9.17, 15) is 14.0 Å². The molecule has 1 saturated carbocycles. The fraction of sp³-hybridized carbons (Fsp3) is 0.600. The molecule has 2 N–H and O–H groups in total. The zero-order chi connectivity index (χ0) is 18.4. The molecule has 0 aromatic heterocycles. The number of rotatable bonds is 6. The molecule has 1 aromatic carbocycles. The number of halogens is 1. The van der Waals surface area contributed by atoms with Gasteiger partial charge in [0, 0.05) is 5.92 Å². The van der Waals surface area contributed by atoms with Crippen LogP contribution in [0.15, 0.2) is 24.3 Å². The predicted molar refractivity (Wildman–Crippen MR) is 97.5 cm³/mol. The quantitative estimate of drug-likeness (QED) is 0.812. The molecule has 0 heterocycles. The van der Waals surface area contributed by atoms with Crippen LogP contribution in [0, 0.1) is 23.6 Å². The molecule has 1 aromatic rings. The molecule has 1 atom stereocenters. The van der Waals surface area contributed by atoms with Crippen LogP contribution in [0.4, 0.5) is 10.1 Å². The zero-order valence-electron chi connectivity index (χ0n) is 15.3. The van der Waals surface area contributed by atoms with Crippen LogP contribution >= 0.6 is 0 Å². The van der Waals surface area contributed by atoms with E-state index in [1.54, 1.807) is 12.1 Å². The summed E-state index contributed by atoms with van der Waals surface area (Å²) >= 11 is 0. The molecule has 0 radical (unpaired) electrons. The lowest BCUT2D eigenvalue weighted by atomic mass is 9.82. The number of amides is 2. The van der Waals surface area contributed by atoms with Crippen molar-refractivity contribution in [3.05, 3.63) is 30.1 Å². The highest BCUT2D eigenvalue weighted by molar-refractivity contribution is 5.97. The van der Waals surface area contributed by atoms with E-state index in [1.807, 2.05) is 13.8 Å². The predicted octanol–water partition coefficient (Wildman–Crippen LogP) is 4.12. The summed E-state index contributed by atoms with van der Waals surface area (Å²) in [7, 11) is 0. The van der Waals surface area contributed by atoms with E-state index in [1.165, 1.54) is 12.1 Å². The van der Waals surface area contributed by atoms with E-state index in [0.717, 1.165) is 25.7 Å². The van der Waals surface area contributed by atoms with Crippen LogP contribution in [0.3, 0.4) is 0 Å². The summed E-state index contributed by atoms with van der Waals surface area (Å²) in [5.74, 6) is -0.0145. The van der Waals surface area contributed by atoms with Gasteiger partial charge in [0.15, 0.2) is 0 Å². The Morgan fingerprint density at radius 3 is 2.40 bits per heavy atom. The summed E-state index contributed by atoms with van der Waals surface area (Å²) < 4.78 is 13.8. The van der Waals surface area contributed by atoms with E-state index >= 15 is 0 Å². The molecule has 0 bridgehead atoms. The van der Waals surface area contributed by atoms with Crippen molar-refractivity contribution < 1.29 is 14.0 Å². The van der Waals surface area contributed by atoms with Gasteiger partial charge in [0.05, 0.1) is 5.69 Å². The van der Waals surface area contributed by atoms with Gasteiger partial charge < -0.3 is 10.6 Å². The minimum absolute atomic E-state index is 0.0212. The average molecular weight is 348 g/mol. The van der Waals surface area contributed by atoms with Crippen LogP contribution in [0.1, 0.15) is 52.9 Å². The average Bonchev–Trinajstić information content (AvgIpc) is 2.56. The molecule has 25 heavy (non-hydrogen) atoms. The van der Waals surface area contributed by atoms with Crippen LogP contribution in [0.2, 0.25) is 0 Å². The van der Waals surface area contributed by atoms with Gasteiger partial charge in [0.25, 0.3) is 0 Å². The maximum Gasteiger partial charge on any atom is 0.247 e. The third-order valence-electron chi connectivity index (χ3n) is 4.86. The molecule has 0 aliphatic heterocycles. The molecule has 2 rings (SSSR count). The Morgan fingerprint density at radius 1 is 1.16 bits per heavy atom. The highest BCUT2D eigenvalue weighted by Crippen LogP contribution is 2.28. The topological polar surface area (TPSA) is 58.2 Å². The Bertz CT molecular complexity index is 595. The summed E-state index contributed by atoms with van der Waals surface area (Å²) in [4.78, 5) is 25.1. The van der Waals surface area contributed by atoms with Gasteiger partial charge in [0.1, 0.15) is 11.9 Å². The monoisotopic (exact) mass is 348 g/mol. The SMILES string of the molecule is CC(C)C[C@H](NC(=O)C1CCC(C)CC1)C(=O)Nc1ccccc1F. The van der Waals surface area contributed by atoms with Gasteiger partial charge in [-0.05, 0) is 56.1 Å². The van der Waals surface area contributed by atoms with Crippen molar-refractivity contribution in [2.45, 2.75) is 58.9 Å². The molecule has 2 amide bonds. The van der Waals surface area contributed by atoms with Gasteiger partial charge in [0.2, 0.25) is 11.8 Å². The van der Waals surface area contributed by atoms with Crippen LogP contribution in [0.25, 0.3) is 0 Å². The molecule has 0 unspecified atom stereocenters. The zero-order valence-corrected chi connectivity index (χ0v) is 15.3. The summed E-state index contributed by atoms with van der Waals surface area (Å²) in [6.07, 6.45) is 4.37. The fourth-order valence-electron chi connectivity index (χ4n) is 3.30. The molecule has 1 aliphatic rings. The lowest BCUT2D eigenvalue weighted by Gasteiger charge is -2.28. The smallest absolute Gasteiger partial charge is 0.247 e. The van der Waals surface area contributed by atoms with Crippen molar-refractivity contribution in [3.63, 3.8) is 0 Å². The molecule has 1 aliphatic carbocycles. The Labute approximate surface area is 149 Å². The van der Waals surface area contributed by atoms with Crippen molar-refractivity contribution in [2.24, 2.45) is 17.8 Å². The first-order chi connectivity index (χ1) is 11.9. The third-order valence-corrected chi connectivity index (χ3v) is 4.86. The van der Waals surface area contributed by atoms with Crippen LogP contribution in [-0.4, -0.2) is 17.9 Å². The number of hydrogen-bond acceptors (Lipinski definition) is 2. The molecule has 0 spiro atoms. The minimum atomic E-state index is -0.647. The maximum absolute atomic E-state index is 13.8.